The van der Waals surface area contributed by atoms with Crippen LogP contribution in [0.5, 0.6) is 5.75 Å². The predicted molar refractivity (Wildman–Crippen MR) is 87.6 cm³/mol. The summed E-state index contributed by atoms with van der Waals surface area (Å²) in [6, 6.07) is 7.43. The van der Waals surface area contributed by atoms with Crippen LogP contribution in [0, 0.1) is 5.92 Å². The lowest BCUT2D eigenvalue weighted by atomic mass is 9.84. The van der Waals surface area contributed by atoms with E-state index in [4.69, 9.17) is 4.74 Å². The number of Topliss-reactive ketones (excluding diaryl/α,β-unsaturated/α-hetero) is 1. The van der Waals surface area contributed by atoms with Crippen molar-refractivity contribution < 1.29 is 14.3 Å². The van der Waals surface area contributed by atoms with Crippen molar-refractivity contribution in [1.29, 1.82) is 0 Å². The van der Waals surface area contributed by atoms with Gasteiger partial charge in [0, 0.05) is 23.9 Å². The number of allylic oxidation sites excluding steroid dienone is 1. The maximum Gasteiger partial charge on any atom is 0.236 e. The van der Waals surface area contributed by atoms with Gasteiger partial charge < -0.3 is 10.1 Å². The highest BCUT2D eigenvalue weighted by Gasteiger charge is 2.35. The number of aliphatic imine (C=N–C) groups is 1. The molecule has 0 aromatic heterocycles. The summed E-state index contributed by atoms with van der Waals surface area (Å²) < 4.78 is 5.26. The van der Waals surface area contributed by atoms with Gasteiger partial charge in [0.25, 0.3) is 0 Å². The Hall–Kier alpha value is -2.43. The average Bonchev–Trinajstić information content (AvgIpc) is 2.60. The van der Waals surface area contributed by atoms with E-state index in [0.29, 0.717) is 17.9 Å². The zero-order valence-corrected chi connectivity index (χ0v) is 13.1. The second-order valence-electron chi connectivity index (χ2n) is 5.78. The van der Waals surface area contributed by atoms with Crippen LogP contribution >= 0.6 is 0 Å². The maximum absolute atomic E-state index is 12.5. The van der Waals surface area contributed by atoms with Crippen LogP contribution in [0.1, 0.15) is 24.8 Å². The number of hydrogen-bond acceptors (Lipinski definition) is 4. The molecule has 1 aromatic carbocycles. The minimum atomic E-state index is -0.815. The van der Waals surface area contributed by atoms with E-state index in [9.17, 15) is 9.59 Å². The molecular formula is C18H20N2O3. The Balaban J connectivity index is 1.68. The summed E-state index contributed by atoms with van der Waals surface area (Å²) in [5, 5.41) is 2.81. The number of para-hydroxylation sites is 1. The number of nitrogens with one attached hydrogen (secondary N) is 1. The molecule has 0 saturated heterocycles. The molecule has 1 N–H and O–H groups in total. The third kappa shape index (κ3) is 3.18. The van der Waals surface area contributed by atoms with Crippen molar-refractivity contribution in [3.8, 4) is 5.75 Å². The number of benzene rings is 1. The number of rotatable bonds is 4. The lowest BCUT2D eigenvalue weighted by Gasteiger charge is -2.26. The number of hydrogen-bond donors (Lipinski definition) is 1. The second-order valence-corrected chi connectivity index (χ2v) is 5.78. The van der Waals surface area contributed by atoms with Gasteiger partial charge in [0.15, 0.2) is 5.78 Å². The Morgan fingerprint density at radius 2 is 2.22 bits per heavy atom. The van der Waals surface area contributed by atoms with Crippen LogP contribution in [0.2, 0.25) is 0 Å². The van der Waals surface area contributed by atoms with Gasteiger partial charge in [-0.05, 0) is 25.3 Å². The summed E-state index contributed by atoms with van der Waals surface area (Å²) in [4.78, 5) is 29.2. The number of ketones is 1. The molecule has 0 bridgehead atoms. The molecular weight excluding hydrogens is 292 g/mol. The first kappa shape index (κ1) is 15.5. The molecule has 1 aromatic rings. The molecule has 1 aliphatic heterocycles. The number of carbonyl (C=O) groups is 2. The van der Waals surface area contributed by atoms with Crippen molar-refractivity contribution in [3.05, 3.63) is 41.5 Å². The Labute approximate surface area is 135 Å². The fraction of sp³-hybridized carbons (Fsp3) is 0.389. The largest absolute Gasteiger partial charge is 0.496 e. The first-order chi connectivity index (χ1) is 11.2. The van der Waals surface area contributed by atoms with Gasteiger partial charge in [-0.2, -0.15) is 0 Å². The number of carbonyl (C=O) groups excluding carboxylic acids is 2. The Morgan fingerprint density at radius 3 is 3.04 bits per heavy atom. The quantitative estimate of drug-likeness (QED) is 0.865. The lowest BCUT2D eigenvalue weighted by molar-refractivity contribution is -0.129. The summed E-state index contributed by atoms with van der Waals surface area (Å²) in [6.07, 6.45) is 6.27. The van der Waals surface area contributed by atoms with Crippen molar-refractivity contribution in [3.63, 3.8) is 0 Å². The second kappa shape index (κ2) is 6.77. The van der Waals surface area contributed by atoms with Gasteiger partial charge >= 0.3 is 0 Å². The number of methoxy groups -OCH3 is 1. The van der Waals surface area contributed by atoms with Gasteiger partial charge in [0.05, 0.1) is 13.2 Å². The van der Waals surface area contributed by atoms with Crippen molar-refractivity contribution in [1.82, 2.24) is 5.32 Å². The molecule has 5 heteroatoms. The topological polar surface area (TPSA) is 67.8 Å². The Bertz CT molecular complexity index is 679. The standard InChI is InChI=1S/C18H20N2O3/c1-23-16-9-5-2-6-12(16)10-20-18(22)14-11-19-15-8-4-3-7-13(15)17(14)21/h2,5-7,9,11,14-15H,3-4,8,10H2,1H3,(H,20,22). The van der Waals surface area contributed by atoms with Crippen LogP contribution in [0.3, 0.4) is 0 Å². The van der Waals surface area contributed by atoms with E-state index in [-0.39, 0.29) is 17.7 Å². The molecule has 23 heavy (non-hydrogen) atoms. The molecule has 1 heterocycles. The highest BCUT2D eigenvalue weighted by Crippen LogP contribution is 2.27. The smallest absolute Gasteiger partial charge is 0.236 e. The van der Waals surface area contributed by atoms with E-state index in [1.54, 1.807) is 7.11 Å². The molecule has 5 nitrogen and oxygen atoms in total. The third-order valence-electron chi connectivity index (χ3n) is 4.32. The third-order valence-corrected chi connectivity index (χ3v) is 4.32. The average molecular weight is 312 g/mol. The van der Waals surface area contributed by atoms with Gasteiger partial charge in [-0.1, -0.05) is 24.3 Å². The molecule has 1 aliphatic carbocycles. The Morgan fingerprint density at radius 1 is 1.39 bits per heavy atom. The summed E-state index contributed by atoms with van der Waals surface area (Å²) in [7, 11) is 1.59. The van der Waals surface area contributed by atoms with Crippen molar-refractivity contribution in [2.24, 2.45) is 10.9 Å². The van der Waals surface area contributed by atoms with E-state index < -0.39 is 5.92 Å². The van der Waals surface area contributed by atoms with E-state index in [1.165, 1.54) is 6.21 Å². The minimum absolute atomic E-state index is 0.0467. The summed E-state index contributed by atoms with van der Waals surface area (Å²) >= 11 is 0. The zero-order valence-electron chi connectivity index (χ0n) is 13.1. The van der Waals surface area contributed by atoms with E-state index >= 15 is 0 Å². The predicted octanol–water partition coefficient (Wildman–Crippen LogP) is 2.06. The molecule has 0 radical (unpaired) electrons. The van der Waals surface area contributed by atoms with Crippen molar-refractivity contribution in [2.45, 2.75) is 31.8 Å². The van der Waals surface area contributed by atoms with Crippen LogP contribution in [0.4, 0.5) is 0 Å². The van der Waals surface area contributed by atoms with Gasteiger partial charge in [-0.15, -0.1) is 0 Å². The summed E-state index contributed by atoms with van der Waals surface area (Å²) in [6.45, 7) is 0.322. The number of fused-ring (bicyclic) bond motifs is 1. The normalized spacial score (nSPS) is 23.0. The van der Waals surface area contributed by atoms with Crippen LogP contribution in [-0.2, 0) is 16.1 Å². The van der Waals surface area contributed by atoms with Gasteiger partial charge in [-0.25, -0.2) is 0 Å². The molecule has 0 saturated carbocycles. The van der Waals surface area contributed by atoms with E-state index in [0.717, 1.165) is 24.8 Å². The van der Waals surface area contributed by atoms with Crippen LogP contribution in [-0.4, -0.2) is 31.1 Å². The first-order valence-corrected chi connectivity index (χ1v) is 7.88. The monoisotopic (exact) mass is 312 g/mol. The highest BCUT2D eigenvalue weighted by atomic mass is 16.5. The zero-order chi connectivity index (χ0) is 16.2. The molecule has 2 atom stereocenters. The lowest BCUT2D eigenvalue weighted by Crippen LogP contribution is -2.41. The molecule has 1 amide bonds. The van der Waals surface area contributed by atoms with Gasteiger partial charge in [0.1, 0.15) is 11.7 Å². The molecule has 2 unspecified atom stereocenters. The first-order valence-electron chi connectivity index (χ1n) is 7.88. The molecule has 0 fully saturated rings. The number of ether oxygens (including phenoxy) is 1. The molecule has 0 spiro atoms. The molecule has 120 valence electrons. The fourth-order valence-corrected chi connectivity index (χ4v) is 3.05. The number of amides is 1. The van der Waals surface area contributed by atoms with Crippen LogP contribution in [0.25, 0.3) is 0 Å². The van der Waals surface area contributed by atoms with Crippen molar-refractivity contribution >= 4 is 17.9 Å². The van der Waals surface area contributed by atoms with Gasteiger partial charge in [0.2, 0.25) is 5.91 Å². The van der Waals surface area contributed by atoms with Gasteiger partial charge in [-0.3, -0.25) is 14.6 Å². The molecule has 3 rings (SSSR count). The summed E-state index contributed by atoms with van der Waals surface area (Å²) in [5.74, 6) is -0.520. The highest BCUT2D eigenvalue weighted by molar-refractivity contribution is 6.21. The Kier molecular flexibility index (Phi) is 4.55. The summed E-state index contributed by atoms with van der Waals surface area (Å²) in [5.41, 5.74) is 1.58. The maximum atomic E-state index is 12.5. The molecule has 2 aliphatic rings. The van der Waals surface area contributed by atoms with Crippen molar-refractivity contribution in [2.75, 3.05) is 7.11 Å². The number of nitrogens with zero attached hydrogens (tertiary/aromatic N) is 1. The minimum Gasteiger partial charge on any atom is -0.496 e. The van der Waals surface area contributed by atoms with E-state index in [1.807, 2.05) is 30.3 Å². The van der Waals surface area contributed by atoms with Crippen LogP contribution < -0.4 is 10.1 Å². The van der Waals surface area contributed by atoms with Crippen LogP contribution in [0.15, 0.2) is 40.9 Å². The van der Waals surface area contributed by atoms with E-state index in [2.05, 4.69) is 10.3 Å². The fourth-order valence-electron chi connectivity index (χ4n) is 3.05. The SMILES string of the molecule is COc1ccccc1CNC(=O)C1C=NC2CCCC=C2C1=O.